The Labute approximate surface area is 125 Å². The van der Waals surface area contributed by atoms with Gasteiger partial charge in [0.2, 0.25) is 5.91 Å². The number of halogens is 2. The monoisotopic (exact) mass is 374 g/mol. The average Bonchev–Trinajstić information content (AvgIpc) is 2.47. The fourth-order valence-electron chi connectivity index (χ4n) is 3.12. The zero-order valence-corrected chi connectivity index (χ0v) is 12.7. The molecule has 0 saturated heterocycles. The van der Waals surface area contributed by atoms with Crippen LogP contribution in [-0.4, -0.2) is 11.4 Å². The fourth-order valence-corrected chi connectivity index (χ4v) is 3.58. The predicted molar refractivity (Wildman–Crippen MR) is 81.8 cm³/mol. The normalized spacial score (nSPS) is 21.3. The summed E-state index contributed by atoms with van der Waals surface area (Å²) >= 11 is 1.94. The maximum atomic E-state index is 13.7. The van der Waals surface area contributed by atoms with Gasteiger partial charge in [-0.1, -0.05) is 19.3 Å². The predicted octanol–water partition coefficient (Wildman–Crippen LogP) is 3.89. The summed E-state index contributed by atoms with van der Waals surface area (Å²) in [6, 6.07) is 3.19. The van der Waals surface area contributed by atoms with E-state index in [1.54, 1.807) is 6.07 Å². The molecule has 3 nitrogen and oxygen atoms in total. The van der Waals surface area contributed by atoms with Crippen molar-refractivity contribution in [3.8, 4) is 0 Å². The lowest BCUT2D eigenvalue weighted by molar-refractivity contribution is -0.117. The van der Waals surface area contributed by atoms with Crippen molar-refractivity contribution in [2.45, 2.75) is 44.1 Å². The quantitative estimate of drug-likeness (QED) is 0.677. The number of nitrogens with one attached hydrogen (secondary N) is 2. The molecule has 1 fully saturated rings. The van der Waals surface area contributed by atoms with E-state index in [-0.39, 0.29) is 17.3 Å². The molecule has 0 atom stereocenters. The molecule has 0 unspecified atom stereocenters. The van der Waals surface area contributed by atoms with Crippen molar-refractivity contribution in [1.82, 2.24) is 0 Å². The average molecular weight is 374 g/mol. The van der Waals surface area contributed by atoms with Gasteiger partial charge in [0, 0.05) is 18.0 Å². The van der Waals surface area contributed by atoms with Crippen molar-refractivity contribution in [3.05, 3.63) is 21.5 Å². The van der Waals surface area contributed by atoms with Crippen molar-refractivity contribution in [2.75, 3.05) is 10.6 Å². The highest BCUT2D eigenvalue weighted by Gasteiger charge is 2.37. The number of hydrogen-bond acceptors (Lipinski definition) is 2. The third-order valence-electron chi connectivity index (χ3n) is 4.04. The van der Waals surface area contributed by atoms with Crippen LogP contribution in [0.5, 0.6) is 0 Å². The third kappa shape index (κ3) is 2.57. The smallest absolute Gasteiger partial charge is 0.226 e. The summed E-state index contributed by atoms with van der Waals surface area (Å²) in [6.45, 7) is 0. The first kappa shape index (κ1) is 13.1. The molecule has 3 rings (SSSR count). The molecule has 1 spiro atoms. The zero-order chi connectivity index (χ0) is 13.5. The standard InChI is InChI=1S/C14H16FIN2O/c15-9-6-12-11(7-10(9)16)17-13(19)8-14(18-12)4-2-1-3-5-14/h6-7,18H,1-5,8H2,(H,17,19). The first-order valence-corrected chi connectivity index (χ1v) is 7.73. The summed E-state index contributed by atoms with van der Waals surface area (Å²) in [5.41, 5.74) is 1.22. The van der Waals surface area contributed by atoms with Gasteiger partial charge >= 0.3 is 0 Å². The van der Waals surface area contributed by atoms with Gasteiger partial charge in [-0.15, -0.1) is 0 Å². The van der Waals surface area contributed by atoms with E-state index in [1.165, 1.54) is 12.5 Å². The maximum Gasteiger partial charge on any atom is 0.226 e. The minimum Gasteiger partial charge on any atom is -0.377 e. The van der Waals surface area contributed by atoms with Gasteiger partial charge in [-0.05, 0) is 41.5 Å². The van der Waals surface area contributed by atoms with Crippen LogP contribution in [0.1, 0.15) is 38.5 Å². The van der Waals surface area contributed by atoms with E-state index in [1.807, 2.05) is 22.6 Å². The molecule has 1 aliphatic heterocycles. The molecule has 2 N–H and O–H groups in total. The summed E-state index contributed by atoms with van der Waals surface area (Å²) in [5, 5.41) is 6.34. The van der Waals surface area contributed by atoms with Crippen molar-refractivity contribution >= 4 is 39.9 Å². The summed E-state index contributed by atoms with van der Waals surface area (Å²) in [4.78, 5) is 12.1. The molecule has 2 aliphatic rings. The molecular formula is C14H16FIN2O. The molecule has 1 saturated carbocycles. The lowest BCUT2D eigenvalue weighted by Crippen LogP contribution is -2.41. The number of amides is 1. The van der Waals surface area contributed by atoms with Crippen LogP contribution in [0.15, 0.2) is 12.1 Å². The van der Waals surface area contributed by atoms with Gasteiger partial charge in [0.25, 0.3) is 0 Å². The summed E-state index contributed by atoms with van der Waals surface area (Å²) < 4.78 is 14.3. The van der Waals surface area contributed by atoms with Crippen LogP contribution < -0.4 is 10.6 Å². The molecular weight excluding hydrogens is 358 g/mol. The van der Waals surface area contributed by atoms with E-state index < -0.39 is 0 Å². The van der Waals surface area contributed by atoms with Crippen molar-refractivity contribution in [1.29, 1.82) is 0 Å². The van der Waals surface area contributed by atoms with E-state index in [0.717, 1.165) is 25.7 Å². The van der Waals surface area contributed by atoms with Crippen LogP contribution >= 0.6 is 22.6 Å². The van der Waals surface area contributed by atoms with Gasteiger partial charge in [0.1, 0.15) is 5.82 Å². The molecule has 102 valence electrons. The molecule has 5 heteroatoms. The summed E-state index contributed by atoms with van der Waals surface area (Å²) in [6.07, 6.45) is 5.91. The Kier molecular flexibility index (Phi) is 3.41. The second-order valence-corrected chi connectivity index (χ2v) is 6.67. The number of anilines is 2. The first-order valence-electron chi connectivity index (χ1n) is 6.65. The van der Waals surface area contributed by atoms with E-state index in [0.29, 0.717) is 21.4 Å². The Morgan fingerprint density at radius 3 is 2.63 bits per heavy atom. The number of benzene rings is 1. The molecule has 1 aromatic rings. The van der Waals surface area contributed by atoms with E-state index >= 15 is 0 Å². The maximum absolute atomic E-state index is 13.7. The summed E-state index contributed by atoms with van der Waals surface area (Å²) in [5.74, 6) is -0.218. The van der Waals surface area contributed by atoms with E-state index in [4.69, 9.17) is 0 Å². The van der Waals surface area contributed by atoms with Crippen molar-refractivity contribution < 1.29 is 9.18 Å². The molecule has 0 radical (unpaired) electrons. The minimum absolute atomic E-state index is 0.0237. The van der Waals surface area contributed by atoms with Crippen molar-refractivity contribution in [3.63, 3.8) is 0 Å². The van der Waals surface area contributed by atoms with Crippen LogP contribution in [0.25, 0.3) is 0 Å². The highest BCUT2D eigenvalue weighted by atomic mass is 127. The van der Waals surface area contributed by atoms with Gasteiger partial charge in [-0.25, -0.2) is 4.39 Å². The number of carbonyl (C=O) groups is 1. The Balaban J connectivity index is 2.01. The number of rotatable bonds is 0. The Hall–Kier alpha value is -0.850. The molecule has 1 amide bonds. The molecule has 1 aromatic carbocycles. The number of fused-ring (bicyclic) bond motifs is 1. The third-order valence-corrected chi connectivity index (χ3v) is 4.87. The van der Waals surface area contributed by atoms with E-state index in [2.05, 4.69) is 10.6 Å². The molecule has 19 heavy (non-hydrogen) atoms. The van der Waals surface area contributed by atoms with Crippen LogP contribution in [0.2, 0.25) is 0 Å². The van der Waals surface area contributed by atoms with Crippen LogP contribution in [-0.2, 0) is 4.79 Å². The lowest BCUT2D eigenvalue weighted by Gasteiger charge is -2.37. The molecule has 0 aromatic heterocycles. The largest absolute Gasteiger partial charge is 0.377 e. The van der Waals surface area contributed by atoms with E-state index in [9.17, 15) is 9.18 Å². The van der Waals surface area contributed by atoms with Gasteiger partial charge < -0.3 is 10.6 Å². The number of carbonyl (C=O) groups excluding carboxylic acids is 1. The van der Waals surface area contributed by atoms with Crippen LogP contribution in [0.3, 0.4) is 0 Å². The Bertz CT molecular complexity index is 526. The van der Waals surface area contributed by atoms with Crippen molar-refractivity contribution in [2.24, 2.45) is 0 Å². The highest BCUT2D eigenvalue weighted by molar-refractivity contribution is 14.1. The first-order chi connectivity index (χ1) is 9.08. The topological polar surface area (TPSA) is 41.1 Å². The van der Waals surface area contributed by atoms with Gasteiger partial charge in [-0.2, -0.15) is 0 Å². The SMILES string of the molecule is O=C1CC2(CCCCC2)Nc2cc(F)c(I)cc2N1. The fraction of sp³-hybridized carbons (Fsp3) is 0.500. The Morgan fingerprint density at radius 2 is 1.89 bits per heavy atom. The second kappa shape index (κ2) is 4.92. The molecule has 1 heterocycles. The molecule has 1 aliphatic carbocycles. The van der Waals surface area contributed by atoms with Gasteiger partial charge in [0.05, 0.1) is 14.9 Å². The van der Waals surface area contributed by atoms with Crippen LogP contribution in [0, 0.1) is 9.39 Å². The lowest BCUT2D eigenvalue weighted by atomic mass is 9.79. The summed E-state index contributed by atoms with van der Waals surface area (Å²) in [7, 11) is 0. The second-order valence-electron chi connectivity index (χ2n) is 5.50. The minimum atomic E-state index is -0.242. The number of hydrogen-bond donors (Lipinski definition) is 2. The van der Waals surface area contributed by atoms with Gasteiger partial charge in [0.15, 0.2) is 0 Å². The zero-order valence-electron chi connectivity index (χ0n) is 10.6. The molecule has 0 bridgehead atoms. The van der Waals surface area contributed by atoms with Gasteiger partial charge in [-0.3, -0.25) is 4.79 Å². The van der Waals surface area contributed by atoms with Crippen LogP contribution in [0.4, 0.5) is 15.8 Å². The Morgan fingerprint density at radius 1 is 1.16 bits per heavy atom. The highest BCUT2D eigenvalue weighted by Crippen LogP contribution is 2.39.